The largest absolute Gasteiger partial charge is 0.496 e. The summed E-state index contributed by atoms with van der Waals surface area (Å²) < 4.78 is 15.9. The Morgan fingerprint density at radius 2 is 1.96 bits per heavy atom. The summed E-state index contributed by atoms with van der Waals surface area (Å²) in [5.74, 6) is 0.719. The molecule has 0 bridgehead atoms. The Bertz CT molecular complexity index is 936. The van der Waals surface area contributed by atoms with Crippen LogP contribution in [-0.4, -0.2) is 32.3 Å². The average Bonchev–Trinajstić information content (AvgIpc) is 3.19. The second-order valence-electron chi connectivity index (χ2n) is 5.82. The lowest BCUT2D eigenvalue weighted by atomic mass is 10.1. The van der Waals surface area contributed by atoms with Crippen molar-refractivity contribution in [2.75, 3.05) is 20.4 Å². The number of carbonyl (C=O) groups is 2. The van der Waals surface area contributed by atoms with Crippen molar-refractivity contribution >= 4 is 17.9 Å². The number of benzene rings is 2. The van der Waals surface area contributed by atoms with E-state index in [2.05, 4.69) is 17.2 Å². The van der Waals surface area contributed by atoms with Crippen molar-refractivity contribution in [1.82, 2.24) is 10.6 Å². The molecule has 7 heteroatoms. The second kappa shape index (κ2) is 8.77. The zero-order valence-corrected chi connectivity index (χ0v) is 15.4. The molecule has 1 heterocycles. The summed E-state index contributed by atoms with van der Waals surface area (Å²) in [5.41, 5.74) is 1.07. The summed E-state index contributed by atoms with van der Waals surface area (Å²) in [6.45, 7) is 4.00. The number of hydrogen-bond acceptors (Lipinski definition) is 5. The smallest absolute Gasteiger partial charge is 0.268 e. The number of ether oxygens (including phenoxy) is 3. The van der Waals surface area contributed by atoms with Crippen LogP contribution < -0.4 is 24.8 Å². The fourth-order valence-electron chi connectivity index (χ4n) is 2.61. The lowest BCUT2D eigenvalue weighted by molar-refractivity contribution is -0.117. The summed E-state index contributed by atoms with van der Waals surface area (Å²) >= 11 is 0. The molecule has 0 radical (unpaired) electrons. The van der Waals surface area contributed by atoms with Gasteiger partial charge in [-0.05, 0) is 35.9 Å². The minimum absolute atomic E-state index is 0.0802. The highest BCUT2D eigenvalue weighted by atomic mass is 16.7. The number of carbonyl (C=O) groups excluding carboxylic acids is 2. The van der Waals surface area contributed by atoms with Gasteiger partial charge in [-0.1, -0.05) is 24.3 Å². The highest BCUT2D eigenvalue weighted by Gasteiger charge is 2.18. The Kier molecular flexibility index (Phi) is 5.96. The molecule has 0 aliphatic carbocycles. The van der Waals surface area contributed by atoms with Crippen LogP contribution in [0.5, 0.6) is 17.2 Å². The van der Waals surface area contributed by atoms with E-state index in [-0.39, 0.29) is 19.0 Å². The van der Waals surface area contributed by atoms with Crippen molar-refractivity contribution in [2.24, 2.45) is 0 Å². The molecule has 0 saturated heterocycles. The molecule has 2 aromatic carbocycles. The lowest BCUT2D eigenvalue weighted by Crippen LogP contribution is -2.35. The number of hydrogen-bond donors (Lipinski definition) is 2. The van der Waals surface area contributed by atoms with Crippen molar-refractivity contribution in [3.05, 3.63) is 71.9 Å². The zero-order valence-electron chi connectivity index (χ0n) is 15.4. The maximum atomic E-state index is 12.7. The molecule has 0 unspecified atom stereocenters. The molecule has 2 aromatic rings. The zero-order chi connectivity index (χ0) is 19.9. The van der Waals surface area contributed by atoms with Crippen LogP contribution in [0.1, 0.15) is 15.9 Å². The van der Waals surface area contributed by atoms with Crippen molar-refractivity contribution in [1.29, 1.82) is 0 Å². The maximum absolute atomic E-state index is 12.7. The van der Waals surface area contributed by atoms with Crippen LogP contribution in [0.2, 0.25) is 0 Å². The number of nitrogens with one attached hydrogen (secondary N) is 2. The van der Waals surface area contributed by atoms with Crippen LogP contribution in [-0.2, 0) is 4.79 Å². The van der Waals surface area contributed by atoms with Crippen LogP contribution in [0, 0.1) is 0 Å². The van der Waals surface area contributed by atoms with E-state index < -0.39 is 11.8 Å². The molecular formula is C21H20N2O5. The number of rotatable bonds is 7. The van der Waals surface area contributed by atoms with Crippen LogP contribution in [0.4, 0.5) is 0 Å². The van der Waals surface area contributed by atoms with Crippen molar-refractivity contribution in [3.8, 4) is 17.2 Å². The van der Waals surface area contributed by atoms with Gasteiger partial charge in [-0.25, -0.2) is 0 Å². The van der Waals surface area contributed by atoms with Gasteiger partial charge >= 0.3 is 0 Å². The van der Waals surface area contributed by atoms with E-state index in [1.54, 1.807) is 54.6 Å². The number of methoxy groups -OCH3 is 1. The molecule has 144 valence electrons. The molecule has 0 spiro atoms. The predicted molar refractivity (Wildman–Crippen MR) is 104 cm³/mol. The van der Waals surface area contributed by atoms with Crippen LogP contribution in [0.15, 0.2) is 60.8 Å². The molecule has 2 N–H and O–H groups in total. The Labute approximate surface area is 162 Å². The third-order valence-electron chi connectivity index (χ3n) is 3.96. The van der Waals surface area contributed by atoms with E-state index in [0.717, 1.165) is 0 Å². The normalized spacial score (nSPS) is 12.2. The molecule has 7 nitrogen and oxygen atoms in total. The van der Waals surface area contributed by atoms with E-state index in [9.17, 15) is 9.59 Å². The topological polar surface area (TPSA) is 85.9 Å². The first-order valence-electron chi connectivity index (χ1n) is 8.57. The van der Waals surface area contributed by atoms with Gasteiger partial charge in [-0.3, -0.25) is 9.59 Å². The molecule has 3 rings (SSSR count). The van der Waals surface area contributed by atoms with Gasteiger partial charge in [0.25, 0.3) is 11.8 Å². The van der Waals surface area contributed by atoms with Gasteiger partial charge in [0.2, 0.25) is 6.79 Å². The first-order valence-corrected chi connectivity index (χ1v) is 8.57. The third-order valence-corrected chi connectivity index (χ3v) is 3.96. The Morgan fingerprint density at radius 3 is 2.75 bits per heavy atom. The molecule has 1 aliphatic rings. The predicted octanol–water partition coefficient (Wildman–Crippen LogP) is 2.50. The van der Waals surface area contributed by atoms with Gasteiger partial charge in [0.15, 0.2) is 11.5 Å². The fourth-order valence-corrected chi connectivity index (χ4v) is 2.61. The number of para-hydroxylation sites is 1. The fraction of sp³-hybridized carbons (Fsp3) is 0.143. The highest BCUT2D eigenvalue weighted by molar-refractivity contribution is 6.06. The SMILES string of the molecule is C=CCNC(=O)/C(=C/c1ccc2c(c1)OCO2)NC(=O)c1ccccc1OC. The molecule has 1 aliphatic heterocycles. The number of amides is 2. The standard InChI is InChI=1S/C21H20N2O5/c1-3-10-22-21(25)16(11-14-8-9-18-19(12-14)28-13-27-18)23-20(24)15-6-4-5-7-17(15)26-2/h3-9,11-12H,1,10,13H2,2H3,(H,22,25)(H,23,24)/b16-11-. The van der Waals surface area contributed by atoms with Gasteiger partial charge in [0, 0.05) is 6.54 Å². The van der Waals surface area contributed by atoms with E-state index in [1.165, 1.54) is 7.11 Å². The summed E-state index contributed by atoms with van der Waals surface area (Å²) in [6.07, 6.45) is 3.12. The Hall–Kier alpha value is -3.74. The first kappa shape index (κ1) is 19.0. The van der Waals surface area contributed by atoms with Crippen molar-refractivity contribution in [2.45, 2.75) is 0 Å². The van der Waals surface area contributed by atoms with E-state index in [1.807, 2.05) is 0 Å². The Balaban J connectivity index is 1.89. The average molecular weight is 380 g/mol. The van der Waals surface area contributed by atoms with Crippen molar-refractivity contribution < 1.29 is 23.8 Å². The molecular weight excluding hydrogens is 360 g/mol. The molecule has 0 atom stereocenters. The van der Waals surface area contributed by atoms with E-state index in [4.69, 9.17) is 14.2 Å². The summed E-state index contributed by atoms with van der Waals surface area (Å²) in [6, 6.07) is 12.0. The van der Waals surface area contributed by atoms with Gasteiger partial charge in [-0.15, -0.1) is 6.58 Å². The maximum Gasteiger partial charge on any atom is 0.268 e. The summed E-state index contributed by atoms with van der Waals surface area (Å²) in [4.78, 5) is 25.2. The number of fused-ring (bicyclic) bond motifs is 1. The molecule has 0 fully saturated rings. The first-order chi connectivity index (χ1) is 13.6. The Morgan fingerprint density at radius 1 is 1.18 bits per heavy atom. The van der Waals surface area contributed by atoms with Crippen LogP contribution in [0.3, 0.4) is 0 Å². The van der Waals surface area contributed by atoms with Gasteiger partial charge in [0.1, 0.15) is 11.4 Å². The third kappa shape index (κ3) is 4.32. The quantitative estimate of drug-likeness (QED) is 0.569. The van der Waals surface area contributed by atoms with E-state index in [0.29, 0.717) is 28.4 Å². The summed E-state index contributed by atoms with van der Waals surface area (Å²) in [7, 11) is 1.48. The highest BCUT2D eigenvalue weighted by Crippen LogP contribution is 2.33. The second-order valence-corrected chi connectivity index (χ2v) is 5.82. The molecule has 28 heavy (non-hydrogen) atoms. The van der Waals surface area contributed by atoms with Gasteiger partial charge in [0.05, 0.1) is 12.7 Å². The van der Waals surface area contributed by atoms with Gasteiger partial charge in [-0.2, -0.15) is 0 Å². The minimum atomic E-state index is -0.460. The lowest BCUT2D eigenvalue weighted by Gasteiger charge is -2.12. The van der Waals surface area contributed by atoms with Gasteiger partial charge < -0.3 is 24.8 Å². The monoisotopic (exact) mass is 380 g/mol. The molecule has 0 saturated carbocycles. The summed E-state index contributed by atoms with van der Waals surface area (Å²) in [5, 5.41) is 5.32. The van der Waals surface area contributed by atoms with Crippen LogP contribution >= 0.6 is 0 Å². The van der Waals surface area contributed by atoms with E-state index >= 15 is 0 Å². The molecule has 2 amide bonds. The minimum Gasteiger partial charge on any atom is -0.496 e. The molecule has 0 aromatic heterocycles. The van der Waals surface area contributed by atoms with Crippen LogP contribution in [0.25, 0.3) is 6.08 Å². The van der Waals surface area contributed by atoms with Crippen molar-refractivity contribution in [3.63, 3.8) is 0 Å².